The average molecular weight is 408 g/mol. The van der Waals surface area contributed by atoms with Crippen molar-refractivity contribution in [3.05, 3.63) is 61.2 Å². The van der Waals surface area contributed by atoms with Crippen LogP contribution in [0.1, 0.15) is 11.1 Å². The Balaban J connectivity index is 2.19. The number of aryl methyl sites for hydroxylation is 1. The lowest BCUT2D eigenvalue weighted by Gasteiger charge is -2.12. The van der Waals surface area contributed by atoms with Crippen molar-refractivity contribution in [2.75, 3.05) is 5.32 Å². The first-order valence-electron chi connectivity index (χ1n) is 5.61. The van der Waals surface area contributed by atoms with Crippen molar-refractivity contribution in [3.63, 3.8) is 0 Å². The molecule has 1 N–H and O–H groups in total. The fourth-order valence-corrected chi connectivity index (χ4v) is 3.57. The third-order valence-electron chi connectivity index (χ3n) is 2.66. The number of benzene rings is 2. The van der Waals surface area contributed by atoms with Gasteiger partial charge in [-0.15, -0.1) is 0 Å². The summed E-state index contributed by atoms with van der Waals surface area (Å²) in [4.78, 5) is 0. The SMILES string of the molecule is Cc1cc(Br)c(NCc2ccc(Cl)cc2F)c(Br)c1. The summed E-state index contributed by atoms with van der Waals surface area (Å²) in [6.45, 7) is 2.40. The van der Waals surface area contributed by atoms with E-state index >= 15 is 0 Å². The molecule has 2 aromatic carbocycles. The zero-order chi connectivity index (χ0) is 14.0. The van der Waals surface area contributed by atoms with Crippen molar-refractivity contribution in [1.82, 2.24) is 0 Å². The van der Waals surface area contributed by atoms with Crippen molar-refractivity contribution < 1.29 is 4.39 Å². The van der Waals surface area contributed by atoms with Crippen molar-refractivity contribution in [2.24, 2.45) is 0 Å². The number of hydrogen-bond acceptors (Lipinski definition) is 1. The molecule has 5 heteroatoms. The molecule has 0 radical (unpaired) electrons. The molecule has 0 saturated heterocycles. The summed E-state index contributed by atoms with van der Waals surface area (Å²) in [7, 11) is 0. The van der Waals surface area contributed by atoms with E-state index in [9.17, 15) is 4.39 Å². The van der Waals surface area contributed by atoms with Gasteiger partial charge in [0.25, 0.3) is 0 Å². The van der Waals surface area contributed by atoms with Crippen LogP contribution in [-0.2, 0) is 6.54 Å². The molecule has 0 saturated carbocycles. The molecule has 0 fully saturated rings. The quantitative estimate of drug-likeness (QED) is 0.665. The van der Waals surface area contributed by atoms with Crippen LogP contribution in [-0.4, -0.2) is 0 Å². The summed E-state index contributed by atoms with van der Waals surface area (Å²) < 4.78 is 15.5. The van der Waals surface area contributed by atoms with Crippen molar-refractivity contribution >= 4 is 49.1 Å². The summed E-state index contributed by atoms with van der Waals surface area (Å²) in [6.07, 6.45) is 0. The Bertz CT molecular complexity index is 593. The van der Waals surface area contributed by atoms with Crippen molar-refractivity contribution in [1.29, 1.82) is 0 Å². The van der Waals surface area contributed by atoms with Crippen LogP contribution in [0.25, 0.3) is 0 Å². The zero-order valence-electron chi connectivity index (χ0n) is 10.1. The molecule has 2 aromatic rings. The Morgan fingerprint density at radius 2 is 1.79 bits per heavy atom. The minimum atomic E-state index is -0.306. The van der Waals surface area contributed by atoms with Crippen LogP contribution in [0.4, 0.5) is 10.1 Å². The molecule has 0 heterocycles. The molecule has 0 aromatic heterocycles. The fraction of sp³-hybridized carbons (Fsp3) is 0.143. The molecule has 0 aliphatic carbocycles. The molecule has 0 atom stereocenters. The molecular formula is C14H11Br2ClFN. The number of hydrogen-bond donors (Lipinski definition) is 1. The lowest BCUT2D eigenvalue weighted by molar-refractivity contribution is 0.613. The van der Waals surface area contributed by atoms with Gasteiger partial charge in [-0.25, -0.2) is 4.39 Å². The van der Waals surface area contributed by atoms with Crippen molar-refractivity contribution in [3.8, 4) is 0 Å². The zero-order valence-corrected chi connectivity index (χ0v) is 14.0. The van der Waals surface area contributed by atoms with Gasteiger partial charge in [0.1, 0.15) is 5.82 Å². The summed E-state index contributed by atoms with van der Waals surface area (Å²) in [6, 6.07) is 8.69. The van der Waals surface area contributed by atoms with E-state index in [1.165, 1.54) is 6.07 Å². The van der Waals surface area contributed by atoms with E-state index in [4.69, 9.17) is 11.6 Å². The highest BCUT2D eigenvalue weighted by atomic mass is 79.9. The van der Waals surface area contributed by atoms with Gasteiger partial charge < -0.3 is 5.32 Å². The van der Waals surface area contributed by atoms with Gasteiger partial charge in [0.15, 0.2) is 0 Å². The minimum Gasteiger partial charge on any atom is -0.379 e. The topological polar surface area (TPSA) is 12.0 Å². The van der Waals surface area contributed by atoms with E-state index in [-0.39, 0.29) is 5.82 Å². The standard InChI is InChI=1S/C14H11Br2ClFN/c1-8-4-11(15)14(12(16)5-8)19-7-9-2-3-10(17)6-13(9)18/h2-6,19H,7H2,1H3. The third kappa shape index (κ3) is 3.71. The maximum atomic E-state index is 13.7. The molecule has 0 spiro atoms. The van der Waals surface area contributed by atoms with Crippen LogP contribution >= 0.6 is 43.5 Å². The Labute approximate surface area is 133 Å². The van der Waals surface area contributed by atoms with E-state index in [1.807, 2.05) is 19.1 Å². The van der Waals surface area contributed by atoms with Crippen LogP contribution in [0.15, 0.2) is 39.3 Å². The molecule has 0 aliphatic heterocycles. The number of halogens is 4. The monoisotopic (exact) mass is 405 g/mol. The fourth-order valence-electron chi connectivity index (χ4n) is 1.72. The van der Waals surface area contributed by atoms with Crippen LogP contribution in [0, 0.1) is 12.7 Å². The molecule has 0 bridgehead atoms. The van der Waals surface area contributed by atoms with Gasteiger partial charge in [0, 0.05) is 26.1 Å². The van der Waals surface area contributed by atoms with Crippen LogP contribution < -0.4 is 5.32 Å². The highest BCUT2D eigenvalue weighted by Crippen LogP contribution is 2.32. The van der Waals surface area contributed by atoms with Gasteiger partial charge in [-0.3, -0.25) is 0 Å². The molecule has 1 nitrogen and oxygen atoms in total. The number of nitrogens with one attached hydrogen (secondary N) is 1. The van der Waals surface area contributed by atoms with Gasteiger partial charge >= 0.3 is 0 Å². The largest absolute Gasteiger partial charge is 0.379 e. The summed E-state index contributed by atoms with van der Waals surface area (Å²) >= 11 is 12.7. The van der Waals surface area contributed by atoms with E-state index in [0.717, 1.165) is 20.2 Å². The van der Waals surface area contributed by atoms with Gasteiger partial charge in [0.05, 0.1) is 5.69 Å². The first-order chi connectivity index (χ1) is 8.97. The van der Waals surface area contributed by atoms with Crippen LogP contribution in [0.3, 0.4) is 0 Å². The molecule has 0 amide bonds. The Kier molecular flexibility index (Phi) is 4.87. The highest BCUT2D eigenvalue weighted by molar-refractivity contribution is 9.11. The van der Waals surface area contributed by atoms with Crippen LogP contribution in [0.2, 0.25) is 5.02 Å². The van der Waals surface area contributed by atoms with Gasteiger partial charge in [-0.1, -0.05) is 17.7 Å². The van der Waals surface area contributed by atoms with Crippen molar-refractivity contribution in [2.45, 2.75) is 13.5 Å². The maximum absolute atomic E-state index is 13.7. The lowest BCUT2D eigenvalue weighted by atomic mass is 10.2. The molecule has 2 rings (SSSR count). The predicted molar refractivity (Wildman–Crippen MR) is 85.3 cm³/mol. The average Bonchev–Trinajstić information content (AvgIpc) is 2.30. The van der Waals surface area contributed by atoms with Gasteiger partial charge in [-0.05, 0) is 68.6 Å². The molecule has 0 aliphatic rings. The highest BCUT2D eigenvalue weighted by Gasteiger charge is 2.08. The van der Waals surface area contributed by atoms with E-state index in [2.05, 4.69) is 37.2 Å². The van der Waals surface area contributed by atoms with E-state index < -0.39 is 0 Å². The first-order valence-corrected chi connectivity index (χ1v) is 7.57. The Morgan fingerprint density at radius 1 is 1.16 bits per heavy atom. The maximum Gasteiger partial charge on any atom is 0.129 e. The van der Waals surface area contributed by atoms with E-state index in [0.29, 0.717) is 17.1 Å². The second kappa shape index (κ2) is 6.25. The number of rotatable bonds is 3. The Hall–Kier alpha value is -0.580. The molecule has 100 valence electrons. The summed E-state index contributed by atoms with van der Waals surface area (Å²) in [5.41, 5.74) is 2.62. The van der Waals surface area contributed by atoms with E-state index in [1.54, 1.807) is 12.1 Å². The normalized spacial score (nSPS) is 10.6. The lowest BCUT2D eigenvalue weighted by Crippen LogP contribution is -2.03. The van der Waals surface area contributed by atoms with Gasteiger partial charge in [0.2, 0.25) is 0 Å². The summed E-state index contributed by atoms with van der Waals surface area (Å²) in [5, 5.41) is 3.61. The first kappa shape index (κ1) is 14.8. The van der Waals surface area contributed by atoms with Gasteiger partial charge in [-0.2, -0.15) is 0 Å². The smallest absolute Gasteiger partial charge is 0.129 e. The molecule has 19 heavy (non-hydrogen) atoms. The minimum absolute atomic E-state index is 0.306. The van der Waals surface area contributed by atoms with Crippen LogP contribution in [0.5, 0.6) is 0 Å². The summed E-state index contributed by atoms with van der Waals surface area (Å²) in [5.74, 6) is -0.306. The molecule has 0 unspecified atom stereocenters. The second-order valence-corrected chi connectivity index (χ2v) is 6.34. The predicted octanol–water partition coefficient (Wildman–Crippen LogP) is 5.92. The number of anilines is 1. The third-order valence-corrected chi connectivity index (χ3v) is 4.14. The molecular weight excluding hydrogens is 396 g/mol. The second-order valence-electron chi connectivity index (χ2n) is 4.19. The Morgan fingerprint density at radius 3 is 2.37 bits per heavy atom.